The molecule has 0 fully saturated rings. The van der Waals surface area contributed by atoms with Crippen molar-refractivity contribution in [3.05, 3.63) is 78.9 Å². The number of carbonyl (C=O) groups is 1. The smallest absolute Gasteiger partial charge is 0.323 e. The number of rotatable bonds is 5. The molecule has 7 heteroatoms. The molecule has 0 saturated carbocycles. The van der Waals surface area contributed by atoms with Gasteiger partial charge in [-0.15, -0.1) is 0 Å². The van der Waals surface area contributed by atoms with Crippen molar-refractivity contribution in [2.45, 2.75) is 0 Å². The molecule has 144 valence electrons. The number of nitrogens with zero attached hydrogens (tertiary/aromatic N) is 2. The van der Waals surface area contributed by atoms with Crippen molar-refractivity contribution in [2.75, 3.05) is 17.7 Å². The van der Waals surface area contributed by atoms with Crippen molar-refractivity contribution in [3.8, 4) is 28.6 Å². The van der Waals surface area contributed by atoms with E-state index < -0.39 is 0 Å². The van der Waals surface area contributed by atoms with Crippen LogP contribution >= 0.6 is 0 Å². The molecule has 1 aromatic heterocycles. The summed E-state index contributed by atoms with van der Waals surface area (Å²) < 4.78 is 10.6. The van der Waals surface area contributed by atoms with E-state index in [0.29, 0.717) is 28.8 Å². The number of nitrogens with one attached hydrogen (secondary N) is 2. The molecular weight excluding hydrogens is 368 g/mol. The first kappa shape index (κ1) is 18.2. The van der Waals surface area contributed by atoms with Crippen LogP contribution in [0.5, 0.6) is 5.75 Å². The van der Waals surface area contributed by atoms with Gasteiger partial charge in [0.1, 0.15) is 5.75 Å². The Morgan fingerprint density at radius 3 is 2.41 bits per heavy atom. The number of ether oxygens (including phenoxy) is 1. The molecule has 0 aliphatic heterocycles. The van der Waals surface area contributed by atoms with Gasteiger partial charge < -0.3 is 19.9 Å². The number of methoxy groups -OCH3 is 1. The van der Waals surface area contributed by atoms with Crippen LogP contribution in [0.3, 0.4) is 0 Å². The molecule has 29 heavy (non-hydrogen) atoms. The summed E-state index contributed by atoms with van der Waals surface area (Å²) >= 11 is 0. The van der Waals surface area contributed by atoms with Gasteiger partial charge in [-0.2, -0.15) is 4.98 Å². The van der Waals surface area contributed by atoms with E-state index in [1.54, 1.807) is 19.2 Å². The fourth-order valence-electron chi connectivity index (χ4n) is 2.77. The fourth-order valence-corrected chi connectivity index (χ4v) is 2.77. The average molecular weight is 386 g/mol. The van der Waals surface area contributed by atoms with Crippen LogP contribution in [-0.2, 0) is 0 Å². The van der Waals surface area contributed by atoms with E-state index in [4.69, 9.17) is 9.26 Å². The van der Waals surface area contributed by atoms with Crippen LogP contribution in [0.4, 0.5) is 16.2 Å². The Bertz CT molecular complexity index is 1130. The lowest BCUT2D eigenvalue weighted by molar-refractivity contribution is 0.262. The fraction of sp³-hybridized carbons (Fsp3) is 0.0455. The summed E-state index contributed by atoms with van der Waals surface area (Å²) in [6.07, 6.45) is 0. The number of para-hydroxylation sites is 1. The molecule has 4 rings (SSSR count). The SMILES string of the molecule is COc1cccc(-c2nc(-c3cccc(NC(=O)Nc4ccccc4)c3)no2)c1. The van der Waals surface area contributed by atoms with Crippen molar-refractivity contribution >= 4 is 17.4 Å². The number of benzene rings is 3. The second-order valence-electron chi connectivity index (χ2n) is 6.18. The maximum absolute atomic E-state index is 12.2. The van der Waals surface area contributed by atoms with Gasteiger partial charge in [0, 0.05) is 22.5 Å². The predicted octanol–water partition coefficient (Wildman–Crippen LogP) is 5.06. The monoisotopic (exact) mass is 386 g/mol. The van der Waals surface area contributed by atoms with Crippen LogP contribution in [0.15, 0.2) is 83.4 Å². The molecule has 0 unspecified atom stereocenters. The molecule has 1 heterocycles. The Kier molecular flexibility index (Phi) is 5.20. The van der Waals surface area contributed by atoms with E-state index in [2.05, 4.69) is 20.8 Å². The van der Waals surface area contributed by atoms with Crippen LogP contribution in [-0.4, -0.2) is 23.3 Å². The maximum Gasteiger partial charge on any atom is 0.323 e. The molecule has 0 aliphatic carbocycles. The molecule has 3 aromatic carbocycles. The Hall–Kier alpha value is -4.13. The summed E-state index contributed by atoms with van der Waals surface area (Å²) in [5.74, 6) is 1.52. The number of carbonyl (C=O) groups excluding carboxylic acids is 1. The molecule has 0 aliphatic rings. The van der Waals surface area contributed by atoms with Gasteiger partial charge in [0.25, 0.3) is 5.89 Å². The second kappa shape index (κ2) is 8.26. The minimum atomic E-state index is -0.335. The lowest BCUT2D eigenvalue weighted by Gasteiger charge is -2.08. The Balaban J connectivity index is 1.50. The van der Waals surface area contributed by atoms with Crippen molar-refractivity contribution < 1.29 is 14.1 Å². The van der Waals surface area contributed by atoms with E-state index in [1.807, 2.05) is 66.7 Å². The highest BCUT2D eigenvalue weighted by molar-refractivity contribution is 6.00. The second-order valence-corrected chi connectivity index (χ2v) is 6.18. The molecule has 0 atom stereocenters. The first-order chi connectivity index (χ1) is 14.2. The molecule has 2 amide bonds. The lowest BCUT2D eigenvalue weighted by atomic mass is 10.2. The van der Waals surface area contributed by atoms with Crippen LogP contribution in [0, 0.1) is 0 Å². The number of urea groups is 1. The third-order valence-electron chi connectivity index (χ3n) is 4.15. The maximum atomic E-state index is 12.2. The van der Waals surface area contributed by atoms with Gasteiger partial charge in [0.2, 0.25) is 5.82 Å². The minimum Gasteiger partial charge on any atom is -0.497 e. The molecule has 0 saturated heterocycles. The Labute approximate surface area is 167 Å². The third kappa shape index (κ3) is 4.41. The molecule has 0 radical (unpaired) electrons. The van der Waals surface area contributed by atoms with Gasteiger partial charge in [-0.1, -0.05) is 41.6 Å². The van der Waals surface area contributed by atoms with Gasteiger partial charge in [0.15, 0.2) is 0 Å². The predicted molar refractivity (Wildman–Crippen MR) is 111 cm³/mol. The van der Waals surface area contributed by atoms with Crippen LogP contribution in [0.1, 0.15) is 0 Å². The summed E-state index contributed by atoms with van der Waals surface area (Å²) in [6.45, 7) is 0. The first-order valence-corrected chi connectivity index (χ1v) is 8.93. The third-order valence-corrected chi connectivity index (χ3v) is 4.15. The van der Waals surface area contributed by atoms with Crippen molar-refractivity contribution in [3.63, 3.8) is 0 Å². The van der Waals surface area contributed by atoms with Crippen molar-refractivity contribution in [1.82, 2.24) is 10.1 Å². The summed E-state index contributed by atoms with van der Waals surface area (Å²) in [5.41, 5.74) is 2.81. The number of amides is 2. The zero-order valence-electron chi connectivity index (χ0n) is 15.6. The Morgan fingerprint density at radius 2 is 1.59 bits per heavy atom. The highest BCUT2D eigenvalue weighted by Gasteiger charge is 2.12. The molecule has 0 bridgehead atoms. The average Bonchev–Trinajstić information content (AvgIpc) is 3.25. The molecule has 7 nitrogen and oxygen atoms in total. The highest BCUT2D eigenvalue weighted by Crippen LogP contribution is 2.26. The summed E-state index contributed by atoms with van der Waals surface area (Å²) in [5, 5.41) is 9.63. The van der Waals surface area contributed by atoms with E-state index >= 15 is 0 Å². The van der Waals surface area contributed by atoms with Crippen molar-refractivity contribution in [2.24, 2.45) is 0 Å². The van der Waals surface area contributed by atoms with Gasteiger partial charge in [0.05, 0.1) is 7.11 Å². The standard InChI is InChI=1S/C22H18N4O3/c1-28-19-12-6-8-16(14-19)21-25-20(26-29-21)15-7-5-11-18(13-15)24-22(27)23-17-9-3-2-4-10-17/h2-14H,1H3,(H2,23,24,27). The zero-order valence-corrected chi connectivity index (χ0v) is 15.6. The molecule has 0 spiro atoms. The van der Waals surface area contributed by atoms with E-state index in [0.717, 1.165) is 11.1 Å². The summed E-state index contributed by atoms with van der Waals surface area (Å²) in [6, 6.07) is 23.5. The Morgan fingerprint density at radius 1 is 0.862 bits per heavy atom. The van der Waals surface area contributed by atoms with Crippen molar-refractivity contribution in [1.29, 1.82) is 0 Å². The lowest BCUT2D eigenvalue weighted by Crippen LogP contribution is -2.19. The van der Waals surface area contributed by atoms with Crippen LogP contribution in [0.25, 0.3) is 22.8 Å². The minimum absolute atomic E-state index is 0.335. The molecule has 4 aromatic rings. The van der Waals surface area contributed by atoms with Gasteiger partial charge in [-0.05, 0) is 42.5 Å². The van der Waals surface area contributed by atoms with E-state index in [1.165, 1.54) is 0 Å². The summed E-state index contributed by atoms with van der Waals surface area (Å²) in [7, 11) is 1.60. The zero-order chi connectivity index (χ0) is 20.1. The topological polar surface area (TPSA) is 89.3 Å². The number of aromatic nitrogens is 2. The van der Waals surface area contributed by atoms with Crippen LogP contribution < -0.4 is 15.4 Å². The number of anilines is 2. The van der Waals surface area contributed by atoms with Crippen LogP contribution in [0.2, 0.25) is 0 Å². The molecule has 2 N–H and O–H groups in total. The van der Waals surface area contributed by atoms with Gasteiger partial charge in [-0.25, -0.2) is 4.79 Å². The normalized spacial score (nSPS) is 10.4. The van der Waals surface area contributed by atoms with E-state index in [-0.39, 0.29) is 6.03 Å². The quantitative estimate of drug-likeness (QED) is 0.501. The largest absolute Gasteiger partial charge is 0.497 e. The number of hydrogen-bond acceptors (Lipinski definition) is 5. The first-order valence-electron chi connectivity index (χ1n) is 8.93. The molecular formula is C22H18N4O3. The summed E-state index contributed by atoms with van der Waals surface area (Å²) in [4.78, 5) is 16.6. The highest BCUT2D eigenvalue weighted by atomic mass is 16.5. The van der Waals surface area contributed by atoms with E-state index in [9.17, 15) is 4.79 Å². The van der Waals surface area contributed by atoms with Gasteiger partial charge >= 0.3 is 6.03 Å². The van der Waals surface area contributed by atoms with Gasteiger partial charge in [-0.3, -0.25) is 0 Å². The number of hydrogen-bond donors (Lipinski definition) is 2.